The summed E-state index contributed by atoms with van der Waals surface area (Å²) in [6.45, 7) is 0. The Kier molecular flexibility index (Phi) is 4.98. The first-order valence-electron chi connectivity index (χ1n) is 6.91. The topological polar surface area (TPSA) is 66.4 Å². The molecule has 0 aliphatic heterocycles. The van der Waals surface area contributed by atoms with Gasteiger partial charge < -0.3 is 10.4 Å². The summed E-state index contributed by atoms with van der Waals surface area (Å²) in [6, 6.07) is 4.13. The van der Waals surface area contributed by atoms with Crippen LogP contribution in [0.4, 0.5) is 4.39 Å². The summed E-state index contributed by atoms with van der Waals surface area (Å²) in [6.07, 6.45) is 4.01. The molecule has 1 amide bonds. The van der Waals surface area contributed by atoms with Gasteiger partial charge in [-0.2, -0.15) is 0 Å². The number of rotatable bonds is 4. The van der Waals surface area contributed by atoms with Crippen molar-refractivity contribution in [2.24, 2.45) is 0 Å². The van der Waals surface area contributed by atoms with Crippen molar-refractivity contribution in [3.05, 3.63) is 34.1 Å². The van der Waals surface area contributed by atoms with E-state index in [1.807, 2.05) is 0 Å². The van der Waals surface area contributed by atoms with Crippen LogP contribution in [0.15, 0.2) is 22.7 Å². The number of carbonyl (C=O) groups excluding carboxylic acids is 1. The third-order valence-electron chi connectivity index (χ3n) is 3.86. The van der Waals surface area contributed by atoms with Crippen LogP contribution in [0.3, 0.4) is 0 Å². The molecule has 6 heteroatoms. The largest absolute Gasteiger partial charge is 0.481 e. The smallest absolute Gasteiger partial charge is 0.305 e. The molecule has 2 rings (SSSR count). The number of nitrogens with one attached hydrogen (secondary N) is 1. The van der Waals surface area contributed by atoms with Gasteiger partial charge in [0.25, 0.3) is 5.91 Å². The molecule has 0 saturated heterocycles. The summed E-state index contributed by atoms with van der Waals surface area (Å²) in [7, 11) is 0. The number of carboxylic acid groups (broad SMARTS) is 1. The van der Waals surface area contributed by atoms with E-state index in [1.54, 1.807) is 0 Å². The van der Waals surface area contributed by atoms with Gasteiger partial charge in [0.2, 0.25) is 0 Å². The number of halogens is 2. The quantitative estimate of drug-likeness (QED) is 0.866. The van der Waals surface area contributed by atoms with Crippen LogP contribution >= 0.6 is 15.9 Å². The zero-order chi connectivity index (χ0) is 15.5. The highest BCUT2D eigenvalue weighted by Gasteiger charge is 2.36. The van der Waals surface area contributed by atoms with Crippen molar-refractivity contribution in [1.29, 1.82) is 0 Å². The van der Waals surface area contributed by atoms with E-state index in [0.29, 0.717) is 12.8 Å². The molecule has 21 heavy (non-hydrogen) atoms. The van der Waals surface area contributed by atoms with Gasteiger partial charge in [-0.1, -0.05) is 19.3 Å². The lowest BCUT2D eigenvalue weighted by Crippen LogP contribution is -2.51. The predicted molar refractivity (Wildman–Crippen MR) is 79.6 cm³/mol. The van der Waals surface area contributed by atoms with E-state index in [4.69, 9.17) is 5.11 Å². The number of carbonyl (C=O) groups is 2. The predicted octanol–water partition coefficient (Wildman–Crippen LogP) is 3.50. The Morgan fingerprint density at radius 1 is 1.29 bits per heavy atom. The lowest BCUT2D eigenvalue weighted by atomic mass is 9.79. The molecule has 1 aliphatic carbocycles. The van der Waals surface area contributed by atoms with E-state index in [1.165, 1.54) is 12.1 Å². The SMILES string of the molecule is O=C(O)CC1(NC(=O)c2ccc(Br)c(F)c2)CCCCC1. The molecule has 2 N–H and O–H groups in total. The first-order valence-corrected chi connectivity index (χ1v) is 7.71. The van der Waals surface area contributed by atoms with E-state index in [2.05, 4.69) is 21.2 Å². The van der Waals surface area contributed by atoms with Gasteiger partial charge in [-0.15, -0.1) is 0 Å². The third-order valence-corrected chi connectivity index (χ3v) is 4.50. The number of hydrogen-bond acceptors (Lipinski definition) is 2. The average molecular weight is 358 g/mol. The first-order chi connectivity index (χ1) is 9.92. The van der Waals surface area contributed by atoms with Crippen molar-refractivity contribution in [1.82, 2.24) is 5.32 Å². The van der Waals surface area contributed by atoms with Crippen LogP contribution in [-0.4, -0.2) is 22.5 Å². The minimum absolute atomic E-state index is 0.0995. The van der Waals surface area contributed by atoms with Crippen molar-refractivity contribution in [2.45, 2.75) is 44.1 Å². The standard InChI is InChI=1S/C15H17BrFNO3/c16-11-5-4-10(8-12(11)17)14(21)18-15(9-13(19)20)6-2-1-3-7-15/h4-5,8H,1-3,6-7,9H2,(H,18,21)(H,19,20). The van der Waals surface area contributed by atoms with Crippen LogP contribution in [0.2, 0.25) is 0 Å². The van der Waals surface area contributed by atoms with Gasteiger partial charge in [-0.25, -0.2) is 4.39 Å². The molecule has 0 heterocycles. The van der Waals surface area contributed by atoms with Crippen LogP contribution in [0.1, 0.15) is 48.9 Å². The number of carboxylic acids is 1. The molecule has 1 aromatic rings. The number of amides is 1. The highest BCUT2D eigenvalue weighted by Crippen LogP contribution is 2.31. The summed E-state index contributed by atoms with van der Waals surface area (Å²) in [5, 5.41) is 11.9. The second-order valence-corrected chi connectivity index (χ2v) is 6.35. The van der Waals surface area contributed by atoms with E-state index in [0.717, 1.165) is 25.3 Å². The summed E-state index contributed by atoms with van der Waals surface area (Å²) in [4.78, 5) is 23.3. The van der Waals surface area contributed by atoms with Crippen molar-refractivity contribution >= 4 is 27.8 Å². The molecule has 0 atom stereocenters. The summed E-state index contributed by atoms with van der Waals surface area (Å²) >= 11 is 3.04. The van der Waals surface area contributed by atoms with Gasteiger partial charge in [-0.3, -0.25) is 9.59 Å². The van der Waals surface area contributed by atoms with Crippen molar-refractivity contribution < 1.29 is 19.1 Å². The molecular weight excluding hydrogens is 341 g/mol. The maximum atomic E-state index is 13.5. The fourth-order valence-corrected chi connectivity index (χ4v) is 3.06. The van der Waals surface area contributed by atoms with Crippen LogP contribution in [0.25, 0.3) is 0 Å². The van der Waals surface area contributed by atoms with Gasteiger partial charge in [0, 0.05) is 5.56 Å². The van der Waals surface area contributed by atoms with Crippen LogP contribution < -0.4 is 5.32 Å². The summed E-state index contributed by atoms with van der Waals surface area (Å²) < 4.78 is 13.8. The molecule has 4 nitrogen and oxygen atoms in total. The Labute approximate surface area is 130 Å². The normalized spacial score (nSPS) is 17.2. The number of hydrogen-bond donors (Lipinski definition) is 2. The third kappa shape index (κ3) is 4.03. The molecule has 0 aromatic heterocycles. The van der Waals surface area contributed by atoms with Gasteiger partial charge in [-0.05, 0) is 47.0 Å². The molecule has 1 fully saturated rings. The van der Waals surface area contributed by atoms with E-state index < -0.39 is 23.2 Å². The fourth-order valence-electron chi connectivity index (χ4n) is 2.81. The van der Waals surface area contributed by atoms with Crippen LogP contribution in [-0.2, 0) is 4.79 Å². The average Bonchev–Trinajstić information content (AvgIpc) is 2.41. The lowest BCUT2D eigenvalue weighted by molar-refractivity contribution is -0.139. The van der Waals surface area contributed by atoms with Crippen molar-refractivity contribution in [2.75, 3.05) is 0 Å². The van der Waals surface area contributed by atoms with Crippen LogP contribution in [0.5, 0.6) is 0 Å². The molecule has 0 bridgehead atoms. The molecule has 1 aliphatic rings. The number of aliphatic carboxylic acids is 1. The number of benzene rings is 1. The molecule has 0 spiro atoms. The second-order valence-electron chi connectivity index (χ2n) is 5.49. The van der Waals surface area contributed by atoms with Gasteiger partial charge >= 0.3 is 5.97 Å². The highest BCUT2D eigenvalue weighted by atomic mass is 79.9. The monoisotopic (exact) mass is 357 g/mol. The van der Waals surface area contributed by atoms with Crippen LogP contribution in [0, 0.1) is 5.82 Å². The molecule has 1 aromatic carbocycles. The van der Waals surface area contributed by atoms with Gasteiger partial charge in [0.15, 0.2) is 0 Å². The van der Waals surface area contributed by atoms with E-state index >= 15 is 0 Å². The maximum absolute atomic E-state index is 13.5. The Balaban J connectivity index is 2.17. The minimum Gasteiger partial charge on any atom is -0.481 e. The molecule has 1 saturated carbocycles. The zero-order valence-electron chi connectivity index (χ0n) is 11.5. The highest BCUT2D eigenvalue weighted by molar-refractivity contribution is 9.10. The molecule has 0 radical (unpaired) electrons. The Bertz CT molecular complexity index is 556. The molecular formula is C15H17BrFNO3. The van der Waals surface area contributed by atoms with Gasteiger partial charge in [0.05, 0.1) is 16.4 Å². The zero-order valence-corrected chi connectivity index (χ0v) is 13.1. The molecule has 114 valence electrons. The molecule has 0 unspecified atom stereocenters. The van der Waals surface area contributed by atoms with E-state index in [-0.39, 0.29) is 16.5 Å². The Morgan fingerprint density at radius 3 is 2.52 bits per heavy atom. The minimum atomic E-state index is -0.931. The maximum Gasteiger partial charge on any atom is 0.305 e. The Hall–Kier alpha value is -1.43. The lowest BCUT2D eigenvalue weighted by Gasteiger charge is -2.37. The Morgan fingerprint density at radius 2 is 1.95 bits per heavy atom. The van der Waals surface area contributed by atoms with Crippen molar-refractivity contribution in [3.63, 3.8) is 0 Å². The fraction of sp³-hybridized carbons (Fsp3) is 0.467. The first kappa shape index (κ1) is 15.9. The summed E-state index contributed by atoms with van der Waals surface area (Å²) in [5.41, 5.74) is -0.518. The van der Waals surface area contributed by atoms with E-state index in [9.17, 15) is 14.0 Å². The van der Waals surface area contributed by atoms with Gasteiger partial charge in [0.1, 0.15) is 5.82 Å². The van der Waals surface area contributed by atoms with Crippen molar-refractivity contribution in [3.8, 4) is 0 Å². The second kappa shape index (κ2) is 6.56. The summed E-state index contributed by atoms with van der Waals surface area (Å²) in [5.74, 6) is -1.87.